The number of Topliss-reactive ketones (excluding diaryl/α,β-unsaturated/α-hetero) is 1. The molecule has 12 aliphatic rings. The van der Waals surface area contributed by atoms with Crippen LogP contribution in [0.2, 0.25) is 0 Å². The van der Waals surface area contributed by atoms with Crippen molar-refractivity contribution in [2.24, 2.45) is 0 Å². The zero-order chi connectivity index (χ0) is 50.5. The summed E-state index contributed by atoms with van der Waals surface area (Å²) in [5.41, 5.74) is 0. The van der Waals surface area contributed by atoms with Gasteiger partial charge in [-0.05, 0) is 0 Å². The van der Waals surface area contributed by atoms with Crippen LogP contribution in [-0.2, 0) is 71.1 Å². The first-order chi connectivity index (χ1) is 33.4. The molecule has 0 spiro atoms. The van der Waals surface area contributed by atoms with E-state index in [1.165, 1.54) is 0 Å². The van der Waals surface area contributed by atoms with Gasteiger partial charge in [-0.3, -0.25) is 4.79 Å². The zero-order valence-corrected chi connectivity index (χ0v) is 36.8. The molecule has 0 aliphatic carbocycles. The predicted octanol–water partition coefficient (Wildman–Crippen LogP) is -12.4. The molecule has 0 amide bonds. The second-order valence-corrected chi connectivity index (χ2v) is 18.0. The zero-order valence-electron chi connectivity index (χ0n) is 36.8. The molecular weight excluding hydrogens is 964 g/mol. The molecule has 0 radical (unpaired) electrons. The SMILES string of the molecule is O=C1COC[C@H]2O[C@@H]3O[C@H]4C(O)[C@@H](O)[C@H](O[C@@H]4CO)O[C@H]4C(O)[C@@H](O)[C@@H](O[C@H]5[C@H](O)[C@@H](O)[C@@H](O[C@H]6[C@H](O)[C@@H](O)[C@@H](O[C@H]7[C@H](O)[C@@H](O)[C@@H](O[C@H]2[C@H](O)[C@H]3O)O[C@@H]7CO)O[C@@H]6CO)O[C@@H]5COC1)O[C@@H]4CO. The van der Waals surface area contributed by atoms with Crippen LogP contribution in [0.3, 0.4) is 0 Å². The lowest BCUT2D eigenvalue weighted by atomic mass is 9.94. The van der Waals surface area contributed by atoms with Crippen molar-refractivity contribution in [3.05, 3.63) is 0 Å². The van der Waals surface area contributed by atoms with E-state index in [-0.39, 0.29) is 0 Å². The van der Waals surface area contributed by atoms with Crippen LogP contribution in [0.15, 0.2) is 0 Å². The molecule has 30 atom stereocenters. The summed E-state index contributed by atoms with van der Waals surface area (Å²) in [7, 11) is 0. The van der Waals surface area contributed by atoms with Gasteiger partial charge in [0.05, 0.1) is 39.6 Å². The number of carbonyl (C=O) groups is 1. The quantitative estimate of drug-likeness (QED) is 0.124. The van der Waals surface area contributed by atoms with Crippen LogP contribution in [0.5, 0.6) is 0 Å². The minimum atomic E-state index is -2.17. The lowest BCUT2D eigenvalue weighted by molar-refractivity contribution is -0.404. The van der Waals surface area contributed by atoms with Crippen molar-refractivity contribution in [2.75, 3.05) is 52.9 Å². The van der Waals surface area contributed by atoms with Crippen molar-refractivity contribution in [3.8, 4) is 0 Å². The average molecular weight is 1030 g/mol. The molecule has 12 rings (SSSR count). The minimum absolute atomic E-state index is 0.719. The van der Waals surface area contributed by atoms with Crippen molar-refractivity contribution >= 4 is 5.78 Å². The molecule has 31 nitrogen and oxygen atoms in total. The fraction of sp³-hybridized carbons (Fsp3) is 0.974. The smallest absolute Gasteiger partial charge is 0.187 e. The molecule has 0 aromatic rings. The van der Waals surface area contributed by atoms with Gasteiger partial charge in [-0.1, -0.05) is 0 Å². The Bertz CT molecular complexity index is 1560. The highest BCUT2D eigenvalue weighted by molar-refractivity contribution is 5.80. The summed E-state index contributed by atoms with van der Waals surface area (Å²) in [6.07, 6.45) is -58.7. The third kappa shape index (κ3) is 10.8. The Hall–Kier alpha value is -1.53. The highest BCUT2D eigenvalue weighted by atomic mass is 16.8. The van der Waals surface area contributed by atoms with Crippen molar-refractivity contribution in [1.29, 1.82) is 0 Å². The molecule has 12 aliphatic heterocycles. The summed E-state index contributed by atoms with van der Waals surface area (Å²) < 4.78 is 80.9. The molecule has 70 heavy (non-hydrogen) atoms. The molecule has 12 saturated heterocycles. The van der Waals surface area contributed by atoms with Crippen molar-refractivity contribution in [2.45, 2.75) is 184 Å². The first kappa shape index (κ1) is 54.7. The Balaban J connectivity index is 1.18. The second kappa shape index (κ2) is 23.2. The van der Waals surface area contributed by atoms with E-state index in [2.05, 4.69) is 0 Å². The topological polar surface area (TPSA) is 470 Å². The van der Waals surface area contributed by atoms with Crippen molar-refractivity contribution in [3.63, 3.8) is 0 Å². The van der Waals surface area contributed by atoms with Gasteiger partial charge in [0, 0.05) is 0 Å². The molecule has 31 heteroatoms. The van der Waals surface area contributed by atoms with Gasteiger partial charge in [0.1, 0.15) is 160 Å². The molecule has 0 aromatic heterocycles. The lowest BCUT2D eigenvalue weighted by Gasteiger charge is -2.50. The average Bonchev–Trinajstić information content (AvgIpc) is 3.34. The van der Waals surface area contributed by atoms with E-state index in [1.807, 2.05) is 0 Å². The number of aliphatic hydroxyl groups is 16. The number of fused-ring (bicyclic) bond motifs is 4. The van der Waals surface area contributed by atoms with Crippen LogP contribution in [0.4, 0.5) is 0 Å². The summed E-state index contributed by atoms with van der Waals surface area (Å²) in [6, 6.07) is 0. The van der Waals surface area contributed by atoms with Crippen LogP contribution in [-0.4, -0.2) is 325 Å². The first-order valence-corrected chi connectivity index (χ1v) is 22.5. The maximum atomic E-state index is 13.2. The van der Waals surface area contributed by atoms with Crippen LogP contribution in [0.1, 0.15) is 0 Å². The molecule has 404 valence electrons. The molecule has 2 unspecified atom stereocenters. The van der Waals surface area contributed by atoms with E-state index in [4.69, 9.17) is 66.3 Å². The third-order valence-corrected chi connectivity index (χ3v) is 13.4. The largest absolute Gasteiger partial charge is 0.394 e. The third-order valence-electron chi connectivity index (χ3n) is 13.4. The van der Waals surface area contributed by atoms with E-state index < -0.39 is 243 Å². The van der Waals surface area contributed by atoms with E-state index in [0.29, 0.717) is 0 Å². The van der Waals surface area contributed by atoms with Crippen LogP contribution < -0.4 is 0 Å². The molecular formula is C39H62O31. The summed E-state index contributed by atoms with van der Waals surface area (Å²) in [6.45, 7) is -6.99. The molecule has 12 bridgehead atoms. The highest BCUT2D eigenvalue weighted by Gasteiger charge is 2.59. The maximum absolute atomic E-state index is 13.2. The number of ketones is 1. The number of carbonyl (C=O) groups excluding carboxylic acids is 1. The standard InChI is InChI=1S/C39H62O31/c40-1-10-28-18(47)24(53)36(61-10)69-32-14-7-57-5-9(44)6-58-8-15-33(21(50)27(56)39(64-15)67-30-12(3-42)59-34(65-28)22(51)16(30)45)70-37-25(54)19(48)29(11(2-41)62-37)66-35-23(52)17(46)31(13(4-43)60-35)68-38(63-14)26(55)20(32)49/h10-43,45-56H,1-8H2/t10-,11-,12-,13-,14-,15-,16-,17?,18-,19?,20-,21-,22-,23-,24-,25-,26-,27-,28-,29-,30-,31-,32-,33-,34-,35-,36-,37-,38-,39-/m1/s1. The molecule has 0 aromatic carbocycles. The summed E-state index contributed by atoms with van der Waals surface area (Å²) in [5.74, 6) is -0.800. The number of hydrogen-bond acceptors (Lipinski definition) is 31. The van der Waals surface area contributed by atoms with Gasteiger partial charge < -0.3 is 148 Å². The Kier molecular flexibility index (Phi) is 18.1. The van der Waals surface area contributed by atoms with Gasteiger partial charge in [-0.15, -0.1) is 0 Å². The number of hydrogen-bond donors (Lipinski definition) is 16. The maximum Gasteiger partial charge on any atom is 0.187 e. The molecule has 12 heterocycles. The second-order valence-electron chi connectivity index (χ2n) is 18.0. The van der Waals surface area contributed by atoms with E-state index in [9.17, 15) is 86.5 Å². The van der Waals surface area contributed by atoms with Crippen LogP contribution in [0, 0.1) is 0 Å². The first-order valence-electron chi connectivity index (χ1n) is 22.5. The number of ether oxygens (including phenoxy) is 14. The van der Waals surface area contributed by atoms with Crippen LogP contribution in [0.25, 0.3) is 0 Å². The fourth-order valence-electron chi connectivity index (χ4n) is 9.52. The molecule has 16 N–H and O–H groups in total. The van der Waals surface area contributed by atoms with Gasteiger partial charge in [-0.2, -0.15) is 0 Å². The van der Waals surface area contributed by atoms with E-state index in [1.54, 1.807) is 0 Å². The summed E-state index contributed by atoms with van der Waals surface area (Å²) in [5, 5.41) is 178. The van der Waals surface area contributed by atoms with Gasteiger partial charge in [0.15, 0.2) is 43.5 Å². The number of aliphatic hydroxyl groups excluding tert-OH is 16. The predicted molar refractivity (Wildman–Crippen MR) is 208 cm³/mol. The van der Waals surface area contributed by atoms with Gasteiger partial charge in [0.25, 0.3) is 0 Å². The van der Waals surface area contributed by atoms with Crippen LogP contribution >= 0.6 is 0 Å². The van der Waals surface area contributed by atoms with Gasteiger partial charge in [-0.25, -0.2) is 0 Å². The van der Waals surface area contributed by atoms with E-state index >= 15 is 0 Å². The fourth-order valence-corrected chi connectivity index (χ4v) is 9.52. The van der Waals surface area contributed by atoms with E-state index in [0.717, 1.165) is 0 Å². The summed E-state index contributed by atoms with van der Waals surface area (Å²) >= 11 is 0. The molecule has 12 fully saturated rings. The monoisotopic (exact) mass is 1030 g/mol. The minimum Gasteiger partial charge on any atom is -0.394 e. The Morgan fingerprint density at radius 1 is 0.300 bits per heavy atom. The molecule has 0 saturated carbocycles. The van der Waals surface area contributed by atoms with Gasteiger partial charge in [0.2, 0.25) is 0 Å². The summed E-state index contributed by atoms with van der Waals surface area (Å²) in [4.78, 5) is 13.2. The van der Waals surface area contributed by atoms with Crippen molar-refractivity contribution in [1.82, 2.24) is 0 Å². The number of rotatable bonds is 4. The Morgan fingerprint density at radius 3 is 0.757 bits per heavy atom. The van der Waals surface area contributed by atoms with Gasteiger partial charge >= 0.3 is 0 Å². The lowest BCUT2D eigenvalue weighted by Crippen LogP contribution is -2.69. The Morgan fingerprint density at radius 2 is 0.514 bits per heavy atom. The van der Waals surface area contributed by atoms with Crippen molar-refractivity contribution < 1.29 is 153 Å². The normalized spacial score (nSPS) is 54.4. The highest BCUT2D eigenvalue weighted by Crippen LogP contribution is 2.38. The Labute approximate surface area is 395 Å².